The molecule has 1 saturated heterocycles. The highest BCUT2D eigenvalue weighted by molar-refractivity contribution is 9.10. The maximum absolute atomic E-state index is 12.6. The molecule has 1 amide bonds. The van der Waals surface area contributed by atoms with Crippen LogP contribution in [0.5, 0.6) is 0 Å². The van der Waals surface area contributed by atoms with E-state index in [0.717, 1.165) is 60.1 Å². The van der Waals surface area contributed by atoms with Gasteiger partial charge in [-0.05, 0) is 49.2 Å². The molecule has 0 spiro atoms. The van der Waals surface area contributed by atoms with Gasteiger partial charge in [-0.2, -0.15) is 0 Å². The van der Waals surface area contributed by atoms with E-state index in [0.29, 0.717) is 11.5 Å². The van der Waals surface area contributed by atoms with Gasteiger partial charge in [-0.25, -0.2) is 9.97 Å². The highest BCUT2D eigenvalue weighted by atomic mass is 79.9. The first-order valence-corrected chi connectivity index (χ1v) is 11.4. The van der Waals surface area contributed by atoms with Crippen molar-refractivity contribution in [2.75, 3.05) is 44.0 Å². The maximum Gasteiger partial charge on any atom is 0.248 e. The molecule has 0 atom stereocenters. The van der Waals surface area contributed by atoms with Crippen LogP contribution in [0.15, 0.2) is 64.9 Å². The monoisotopic (exact) mass is 495 g/mol. The molecule has 3 aromatic rings. The molecule has 7 nitrogen and oxygen atoms in total. The van der Waals surface area contributed by atoms with Gasteiger partial charge in [0, 0.05) is 54.1 Å². The number of rotatable bonds is 7. The molecule has 2 heterocycles. The summed E-state index contributed by atoms with van der Waals surface area (Å²) < 4.78 is 6.12. The zero-order chi connectivity index (χ0) is 22.3. The van der Waals surface area contributed by atoms with Gasteiger partial charge in [0.2, 0.25) is 5.91 Å². The Balaban J connectivity index is 1.45. The predicted octanol–water partition coefficient (Wildman–Crippen LogP) is 4.74. The zero-order valence-corrected chi connectivity index (χ0v) is 19.6. The van der Waals surface area contributed by atoms with E-state index in [2.05, 4.69) is 41.4 Å². The average molecular weight is 496 g/mol. The molecular formula is C24H26BrN5O2. The number of piperidine rings is 1. The molecule has 4 rings (SSSR count). The van der Waals surface area contributed by atoms with Crippen LogP contribution in [0.3, 0.4) is 0 Å². The minimum absolute atomic E-state index is 0.108. The van der Waals surface area contributed by atoms with E-state index >= 15 is 0 Å². The Bertz CT molecular complexity index is 1120. The second kappa shape index (κ2) is 10.7. The summed E-state index contributed by atoms with van der Waals surface area (Å²) >= 11 is 3.48. The van der Waals surface area contributed by atoms with E-state index in [1.807, 2.05) is 42.5 Å². The zero-order valence-electron chi connectivity index (χ0n) is 18.0. The van der Waals surface area contributed by atoms with E-state index in [1.54, 1.807) is 13.2 Å². The number of aromatic nitrogens is 2. The van der Waals surface area contributed by atoms with Crippen molar-refractivity contribution in [2.24, 2.45) is 0 Å². The SMILES string of the molecule is COCCN1CCC(=CC(=O)Nc2ccc3ncnc(Nc4cccc(Br)c4)c3c2)CC1. The molecule has 0 radical (unpaired) electrons. The van der Waals surface area contributed by atoms with Crippen molar-refractivity contribution in [3.8, 4) is 0 Å². The van der Waals surface area contributed by atoms with E-state index in [9.17, 15) is 4.79 Å². The summed E-state index contributed by atoms with van der Waals surface area (Å²) in [4.78, 5) is 23.7. The van der Waals surface area contributed by atoms with Gasteiger partial charge in [-0.1, -0.05) is 27.6 Å². The van der Waals surface area contributed by atoms with Crippen LogP contribution >= 0.6 is 15.9 Å². The van der Waals surface area contributed by atoms with Crippen LogP contribution in [0.2, 0.25) is 0 Å². The summed E-state index contributed by atoms with van der Waals surface area (Å²) in [6.45, 7) is 3.59. The molecule has 1 fully saturated rings. The van der Waals surface area contributed by atoms with Gasteiger partial charge in [0.15, 0.2) is 0 Å². The number of hydrogen-bond acceptors (Lipinski definition) is 6. The molecule has 2 N–H and O–H groups in total. The first kappa shape index (κ1) is 22.4. The lowest BCUT2D eigenvalue weighted by atomic mass is 10.0. The van der Waals surface area contributed by atoms with Crippen LogP contribution in [0, 0.1) is 0 Å². The third-order valence-corrected chi connectivity index (χ3v) is 5.93. The molecule has 166 valence electrons. The Morgan fingerprint density at radius 1 is 1.16 bits per heavy atom. The molecule has 0 unspecified atom stereocenters. The standard InChI is InChI=1S/C24H26BrN5O2/c1-32-12-11-30-9-7-17(8-10-30)13-23(31)28-20-5-6-22-21(15-20)24(27-16-26-22)29-19-4-2-3-18(25)14-19/h2-6,13-16H,7-12H2,1H3,(H,28,31)(H,26,27,29). The van der Waals surface area contributed by atoms with E-state index in [4.69, 9.17) is 4.74 Å². The Kier molecular flexibility index (Phi) is 7.47. The van der Waals surface area contributed by atoms with Gasteiger partial charge >= 0.3 is 0 Å². The Labute approximate surface area is 196 Å². The van der Waals surface area contributed by atoms with Crippen molar-refractivity contribution in [1.29, 1.82) is 0 Å². The summed E-state index contributed by atoms with van der Waals surface area (Å²) in [7, 11) is 1.72. The quantitative estimate of drug-likeness (QED) is 0.460. The molecule has 2 aromatic carbocycles. The summed E-state index contributed by atoms with van der Waals surface area (Å²) in [5, 5.41) is 7.16. The Hall–Kier alpha value is -2.81. The molecule has 32 heavy (non-hydrogen) atoms. The second-order valence-electron chi connectivity index (χ2n) is 7.72. The lowest BCUT2D eigenvalue weighted by Gasteiger charge is -2.27. The van der Waals surface area contributed by atoms with Gasteiger partial charge in [0.05, 0.1) is 12.1 Å². The van der Waals surface area contributed by atoms with Gasteiger partial charge in [0.25, 0.3) is 0 Å². The number of carbonyl (C=O) groups excluding carboxylic acids is 1. The smallest absolute Gasteiger partial charge is 0.248 e. The van der Waals surface area contributed by atoms with E-state index in [1.165, 1.54) is 11.9 Å². The minimum atomic E-state index is -0.108. The Morgan fingerprint density at radius 3 is 2.78 bits per heavy atom. The van der Waals surface area contributed by atoms with Crippen LogP contribution in [-0.4, -0.2) is 54.1 Å². The topological polar surface area (TPSA) is 79.4 Å². The van der Waals surface area contributed by atoms with E-state index < -0.39 is 0 Å². The lowest BCUT2D eigenvalue weighted by molar-refractivity contribution is -0.112. The fourth-order valence-corrected chi connectivity index (χ4v) is 4.13. The number of halogens is 1. The van der Waals surface area contributed by atoms with Gasteiger partial charge in [-0.3, -0.25) is 4.79 Å². The Morgan fingerprint density at radius 2 is 2.00 bits per heavy atom. The number of anilines is 3. The molecule has 1 aromatic heterocycles. The highest BCUT2D eigenvalue weighted by Gasteiger charge is 2.14. The van der Waals surface area contributed by atoms with Gasteiger partial charge < -0.3 is 20.3 Å². The van der Waals surface area contributed by atoms with Crippen molar-refractivity contribution >= 4 is 49.9 Å². The number of methoxy groups -OCH3 is 1. The van der Waals surface area contributed by atoms with Crippen LogP contribution in [0.25, 0.3) is 10.9 Å². The number of carbonyl (C=O) groups is 1. The molecule has 0 bridgehead atoms. The lowest BCUT2D eigenvalue weighted by Crippen LogP contribution is -2.33. The normalized spacial score (nSPS) is 14.4. The van der Waals surface area contributed by atoms with E-state index in [-0.39, 0.29) is 5.91 Å². The third-order valence-electron chi connectivity index (χ3n) is 5.44. The molecule has 1 aliphatic rings. The van der Waals surface area contributed by atoms with Gasteiger partial charge in [0.1, 0.15) is 12.1 Å². The molecular weight excluding hydrogens is 470 g/mol. The molecule has 1 aliphatic heterocycles. The first-order chi connectivity index (χ1) is 15.6. The number of nitrogens with one attached hydrogen (secondary N) is 2. The van der Waals surface area contributed by atoms with Crippen LogP contribution in [0.1, 0.15) is 12.8 Å². The number of ether oxygens (including phenoxy) is 1. The summed E-state index contributed by atoms with van der Waals surface area (Å²) in [5.74, 6) is 0.578. The molecule has 8 heteroatoms. The largest absolute Gasteiger partial charge is 0.383 e. The maximum atomic E-state index is 12.6. The van der Waals surface area contributed by atoms with Crippen molar-refractivity contribution in [2.45, 2.75) is 12.8 Å². The summed E-state index contributed by atoms with van der Waals surface area (Å²) in [6.07, 6.45) is 5.08. The summed E-state index contributed by atoms with van der Waals surface area (Å²) in [5.41, 5.74) is 3.61. The van der Waals surface area contributed by atoms with Crippen molar-refractivity contribution in [1.82, 2.24) is 14.9 Å². The average Bonchev–Trinajstić information content (AvgIpc) is 2.79. The van der Waals surface area contributed by atoms with Crippen molar-refractivity contribution < 1.29 is 9.53 Å². The number of benzene rings is 2. The number of fused-ring (bicyclic) bond motifs is 1. The van der Waals surface area contributed by atoms with Crippen LogP contribution in [-0.2, 0) is 9.53 Å². The van der Waals surface area contributed by atoms with Crippen LogP contribution < -0.4 is 10.6 Å². The first-order valence-electron chi connectivity index (χ1n) is 10.6. The van der Waals surface area contributed by atoms with Crippen LogP contribution in [0.4, 0.5) is 17.2 Å². The minimum Gasteiger partial charge on any atom is -0.383 e. The number of hydrogen-bond donors (Lipinski definition) is 2. The third kappa shape index (κ3) is 5.91. The summed E-state index contributed by atoms with van der Waals surface area (Å²) in [6, 6.07) is 13.5. The second-order valence-corrected chi connectivity index (χ2v) is 8.63. The number of amides is 1. The van der Waals surface area contributed by atoms with Gasteiger partial charge in [-0.15, -0.1) is 0 Å². The van der Waals surface area contributed by atoms with Crippen molar-refractivity contribution in [3.05, 3.63) is 64.9 Å². The fourth-order valence-electron chi connectivity index (χ4n) is 3.73. The fraction of sp³-hybridized carbons (Fsp3) is 0.292. The molecule has 0 saturated carbocycles. The number of likely N-dealkylation sites (tertiary alicyclic amines) is 1. The highest BCUT2D eigenvalue weighted by Crippen LogP contribution is 2.27. The number of nitrogens with zero attached hydrogens (tertiary/aromatic N) is 3. The molecule has 0 aliphatic carbocycles. The predicted molar refractivity (Wildman–Crippen MR) is 131 cm³/mol. The van der Waals surface area contributed by atoms with Crippen molar-refractivity contribution in [3.63, 3.8) is 0 Å².